The Kier molecular flexibility index (Phi) is 6.86. The zero-order valence-corrected chi connectivity index (χ0v) is 20.4. The summed E-state index contributed by atoms with van der Waals surface area (Å²) in [6.07, 6.45) is 2.93. The molecule has 1 saturated heterocycles. The first kappa shape index (κ1) is 24.2. The Bertz CT molecular complexity index is 1430. The van der Waals surface area contributed by atoms with Gasteiger partial charge in [-0.15, -0.1) is 11.3 Å². The average Bonchev–Trinajstić information content (AvgIpc) is 3.51. The van der Waals surface area contributed by atoms with E-state index in [2.05, 4.69) is 25.5 Å². The Morgan fingerprint density at radius 1 is 1.19 bits per heavy atom. The number of rotatable bonds is 7. The molecule has 0 spiro atoms. The van der Waals surface area contributed by atoms with Crippen molar-refractivity contribution in [1.82, 2.24) is 20.2 Å². The first-order valence-electron chi connectivity index (χ1n) is 11.2. The molecule has 5 rings (SSSR count). The lowest BCUT2D eigenvalue weighted by Crippen LogP contribution is -2.44. The highest BCUT2D eigenvalue weighted by atomic mass is 35.5. The number of anilines is 2. The molecule has 9 nitrogen and oxygen atoms in total. The number of furan rings is 1. The number of carbonyl (C=O) groups excluding carboxylic acids is 1. The Hall–Kier alpha value is -3.54. The smallest absolute Gasteiger partial charge is 0.371 e. The molecule has 186 valence electrons. The van der Waals surface area contributed by atoms with E-state index in [1.165, 1.54) is 35.9 Å². The lowest BCUT2D eigenvalue weighted by Gasteiger charge is -2.31. The first-order valence-corrected chi connectivity index (χ1v) is 12.4. The van der Waals surface area contributed by atoms with E-state index in [4.69, 9.17) is 21.1 Å². The van der Waals surface area contributed by atoms with Crippen molar-refractivity contribution in [1.29, 1.82) is 0 Å². The van der Waals surface area contributed by atoms with E-state index in [1.807, 2.05) is 0 Å². The van der Waals surface area contributed by atoms with Crippen LogP contribution in [0.15, 0.2) is 47.1 Å². The van der Waals surface area contributed by atoms with Gasteiger partial charge in [-0.25, -0.2) is 19.2 Å². The van der Waals surface area contributed by atoms with Crippen molar-refractivity contribution in [3.05, 3.63) is 70.0 Å². The third kappa shape index (κ3) is 5.32. The molecule has 1 aliphatic rings. The number of piperidine rings is 1. The number of aromatic nitrogens is 2. The van der Waals surface area contributed by atoms with Gasteiger partial charge in [0.2, 0.25) is 5.76 Å². The highest BCUT2D eigenvalue weighted by Gasteiger charge is 2.23. The number of halogens is 2. The Morgan fingerprint density at radius 3 is 2.72 bits per heavy atom. The van der Waals surface area contributed by atoms with Crippen molar-refractivity contribution in [2.75, 3.05) is 18.4 Å². The molecule has 3 aromatic heterocycles. The molecule has 36 heavy (non-hydrogen) atoms. The normalized spacial score (nSPS) is 14.7. The van der Waals surface area contributed by atoms with Gasteiger partial charge in [-0.3, -0.25) is 9.69 Å². The summed E-state index contributed by atoms with van der Waals surface area (Å²) in [5.74, 6) is -0.741. The molecule has 0 unspecified atom stereocenters. The summed E-state index contributed by atoms with van der Waals surface area (Å²) < 4.78 is 18.8. The second kappa shape index (κ2) is 10.2. The van der Waals surface area contributed by atoms with Crippen LogP contribution < -0.4 is 10.6 Å². The highest BCUT2D eigenvalue weighted by molar-refractivity contribution is 7.20. The predicted molar refractivity (Wildman–Crippen MR) is 134 cm³/mol. The van der Waals surface area contributed by atoms with Gasteiger partial charge in [0.15, 0.2) is 0 Å². The highest BCUT2D eigenvalue weighted by Crippen LogP contribution is 2.31. The molecular formula is C24H21ClFN5O4S. The molecule has 0 aliphatic carbocycles. The van der Waals surface area contributed by atoms with Crippen LogP contribution in [0.25, 0.3) is 10.2 Å². The van der Waals surface area contributed by atoms with Crippen molar-refractivity contribution in [2.24, 2.45) is 0 Å². The van der Waals surface area contributed by atoms with Crippen LogP contribution >= 0.6 is 22.9 Å². The molecule has 12 heteroatoms. The van der Waals surface area contributed by atoms with Gasteiger partial charge >= 0.3 is 5.97 Å². The van der Waals surface area contributed by atoms with E-state index < -0.39 is 11.8 Å². The fourth-order valence-corrected chi connectivity index (χ4v) is 5.15. The third-order valence-corrected chi connectivity index (χ3v) is 7.24. The van der Waals surface area contributed by atoms with Crippen molar-refractivity contribution in [3.8, 4) is 0 Å². The van der Waals surface area contributed by atoms with E-state index >= 15 is 0 Å². The lowest BCUT2D eigenvalue weighted by atomic mass is 10.0. The van der Waals surface area contributed by atoms with Gasteiger partial charge in [-0.05, 0) is 49.2 Å². The molecule has 0 bridgehead atoms. The van der Waals surface area contributed by atoms with Gasteiger partial charge in [-0.1, -0.05) is 11.6 Å². The van der Waals surface area contributed by atoms with Crippen LogP contribution in [0, 0.1) is 5.82 Å². The maximum Gasteiger partial charge on any atom is 0.371 e. The van der Waals surface area contributed by atoms with Crippen LogP contribution in [0.3, 0.4) is 0 Å². The molecule has 1 fully saturated rings. The summed E-state index contributed by atoms with van der Waals surface area (Å²) in [7, 11) is 0. The van der Waals surface area contributed by atoms with Crippen LogP contribution in [-0.2, 0) is 6.54 Å². The lowest BCUT2D eigenvalue weighted by molar-refractivity contribution is 0.0657. The molecule has 0 saturated carbocycles. The Morgan fingerprint density at radius 2 is 2.00 bits per heavy atom. The van der Waals surface area contributed by atoms with Crippen molar-refractivity contribution >= 4 is 56.5 Å². The summed E-state index contributed by atoms with van der Waals surface area (Å²) in [4.78, 5) is 35.8. The van der Waals surface area contributed by atoms with Gasteiger partial charge in [0.05, 0.1) is 21.8 Å². The minimum absolute atomic E-state index is 0.00379. The van der Waals surface area contributed by atoms with Crippen molar-refractivity contribution < 1.29 is 23.5 Å². The van der Waals surface area contributed by atoms with Crippen molar-refractivity contribution in [3.63, 3.8) is 0 Å². The van der Waals surface area contributed by atoms with Gasteiger partial charge in [-0.2, -0.15) is 0 Å². The summed E-state index contributed by atoms with van der Waals surface area (Å²) in [6.45, 7) is 2.03. The summed E-state index contributed by atoms with van der Waals surface area (Å²) in [5, 5.41) is 15.9. The molecule has 1 aromatic carbocycles. The van der Waals surface area contributed by atoms with Crippen molar-refractivity contribution in [2.45, 2.75) is 25.4 Å². The second-order valence-electron chi connectivity index (χ2n) is 8.40. The van der Waals surface area contributed by atoms with Gasteiger partial charge < -0.3 is 20.2 Å². The Balaban J connectivity index is 1.20. The number of carboxylic acids is 1. The second-order valence-corrected chi connectivity index (χ2v) is 9.84. The molecule has 3 N–H and O–H groups in total. The number of thiophene rings is 1. The SMILES string of the molecule is O=C(O)c1ccc(CN2CCC(NC(=O)c3cc4c(Nc5ccc(F)c(Cl)c5)ncnc4s3)CC2)o1. The number of hydrogen-bond acceptors (Lipinski definition) is 8. The molecule has 4 heterocycles. The number of likely N-dealkylation sites (tertiary alicyclic amines) is 1. The van der Waals surface area contributed by atoms with Gasteiger partial charge in [0.25, 0.3) is 5.91 Å². The standard InChI is InChI=1S/C24H21ClFN5O4S/c25-17-9-14(1-3-18(17)26)29-21-16-10-20(36-23(16)28-12-27-21)22(32)30-13-5-7-31(8-6-13)11-15-2-4-19(35-15)24(33)34/h1-4,9-10,12-13H,5-8,11H2,(H,30,32)(H,33,34)(H,27,28,29). The average molecular weight is 530 g/mol. The monoisotopic (exact) mass is 529 g/mol. The first-order chi connectivity index (χ1) is 17.4. The van der Waals surface area contributed by atoms with Gasteiger partial charge in [0, 0.05) is 24.8 Å². The zero-order chi connectivity index (χ0) is 25.2. The number of carbonyl (C=O) groups is 2. The third-order valence-electron chi connectivity index (χ3n) is 5.91. The maximum atomic E-state index is 13.5. The summed E-state index contributed by atoms with van der Waals surface area (Å²) in [6, 6.07) is 9.19. The number of fused-ring (bicyclic) bond motifs is 1. The number of carboxylic acid groups (broad SMARTS) is 1. The van der Waals surface area contributed by atoms with Crippen LogP contribution in [0.1, 0.15) is 38.8 Å². The minimum atomic E-state index is -1.09. The zero-order valence-electron chi connectivity index (χ0n) is 18.8. The van der Waals surface area contributed by atoms with E-state index in [-0.39, 0.29) is 22.7 Å². The van der Waals surface area contributed by atoms with Crippen LogP contribution in [0.2, 0.25) is 5.02 Å². The quantitative estimate of drug-likeness (QED) is 0.309. The molecule has 4 aromatic rings. The van der Waals surface area contributed by atoms with Gasteiger partial charge in [0.1, 0.15) is 28.6 Å². The number of benzene rings is 1. The predicted octanol–water partition coefficient (Wildman–Crippen LogP) is 4.91. The van der Waals surface area contributed by atoms with E-state index in [0.29, 0.717) is 38.9 Å². The largest absolute Gasteiger partial charge is 0.475 e. The van der Waals surface area contributed by atoms with Crippen LogP contribution in [0.5, 0.6) is 0 Å². The molecule has 1 aliphatic heterocycles. The molecular weight excluding hydrogens is 509 g/mol. The fourth-order valence-electron chi connectivity index (χ4n) is 4.07. The number of nitrogens with zero attached hydrogens (tertiary/aromatic N) is 3. The minimum Gasteiger partial charge on any atom is -0.475 e. The Labute approximate surface area is 213 Å². The molecule has 0 atom stereocenters. The summed E-state index contributed by atoms with van der Waals surface area (Å²) in [5.41, 5.74) is 0.569. The number of hydrogen-bond donors (Lipinski definition) is 3. The molecule has 1 amide bonds. The fraction of sp³-hybridized carbons (Fsp3) is 0.250. The number of nitrogens with one attached hydrogen (secondary N) is 2. The number of amides is 1. The van der Waals surface area contributed by atoms with Crippen LogP contribution in [0.4, 0.5) is 15.9 Å². The molecule has 0 radical (unpaired) electrons. The van der Waals surface area contributed by atoms with Crippen LogP contribution in [-0.4, -0.2) is 51.0 Å². The van der Waals surface area contributed by atoms with E-state index in [9.17, 15) is 14.0 Å². The number of aromatic carboxylic acids is 1. The summed E-state index contributed by atoms with van der Waals surface area (Å²) >= 11 is 7.14. The van der Waals surface area contributed by atoms with E-state index in [0.717, 1.165) is 25.9 Å². The topological polar surface area (TPSA) is 121 Å². The van der Waals surface area contributed by atoms with E-state index in [1.54, 1.807) is 18.2 Å². The maximum absolute atomic E-state index is 13.5.